The number of fused-ring (bicyclic) bond motifs is 3. The molecule has 3 aromatic heterocycles. The van der Waals surface area contributed by atoms with E-state index in [1.165, 1.54) is 67.1 Å². The highest BCUT2D eigenvalue weighted by Crippen LogP contribution is 2.18. The van der Waals surface area contributed by atoms with E-state index in [9.17, 15) is 19.2 Å². The molecule has 0 N–H and O–H groups in total. The molecule has 0 aliphatic carbocycles. The van der Waals surface area contributed by atoms with E-state index in [1.54, 1.807) is 0 Å². The minimum atomic E-state index is -0.695. The van der Waals surface area contributed by atoms with Gasteiger partial charge in [-0.25, -0.2) is 18.9 Å². The zero-order valence-electron chi connectivity index (χ0n) is 17.1. The molecule has 3 heterocycles. The highest BCUT2D eigenvalue weighted by molar-refractivity contribution is 5.97. The van der Waals surface area contributed by atoms with Gasteiger partial charge in [0.2, 0.25) is 0 Å². The standard InChI is InChI=1S/C20H15N5O7/c1-30-18(27)10-6-11(19(28)31-2)8-12(7-10)24-5-4-14-15(17(24)26)22-23-16-13(20(29)32-3)9-21-25(14)16/h4-9H,1-3H3. The maximum absolute atomic E-state index is 13.2. The first kappa shape index (κ1) is 20.7. The summed E-state index contributed by atoms with van der Waals surface area (Å²) in [5.74, 6) is -2.03. The van der Waals surface area contributed by atoms with E-state index < -0.39 is 23.5 Å². The van der Waals surface area contributed by atoms with Crippen molar-refractivity contribution in [2.45, 2.75) is 0 Å². The van der Waals surface area contributed by atoms with Crippen LogP contribution in [0.2, 0.25) is 0 Å². The van der Waals surface area contributed by atoms with Crippen molar-refractivity contribution in [1.82, 2.24) is 24.4 Å². The molecule has 0 saturated carbocycles. The van der Waals surface area contributed by atoms with Crippen LogP contribution in [-0.2, 0) is 14.2 Å². The monoisotopic (exact) mass is 437 g/mol. The van der Waals surface area contributed by atoms with Crippen LogP contribution < -0.4 is 5.56 Å². The minimum absolute atomic E-state index is 0.0497. The molecule has 0 atom stereocenters. The molecule has 1 aromatic carbocycles. The molecule has 0 bridgehead atoms. The number of rotatable bonds is 4. The lowest BCUT2D eigenvalue weighted by atomic mass is 10.1. The van der Waals surface area contributed by atoms with Gasteiger partial charge >= 0.3 is 17.9 Å². The molecular formula is C20H15N5O7. The average molecular weight is 437 g/mol. The first-order valence-electron chi connectivity index (χ1n) is 9.05. The molecule has 32 heavy (non-hydrogen) atoms. The fourth-order valence-corrected chi connectivity index (χ4v) is 3.17. The Morgan fingerprint density at radius 3 is 2.09 bits per heavy atom. The van der Waals surface area contributed by atoms with Crippen molar-refractivity contribution >= 4 is 34.6 Å². The molecule has 0 aliphatic heterocycles. The lowest BCUT2D eigenvalue weighted by Crippen LogP contribution is -2.21. The summed E-state index contributed by atoms with van der Waals surface area (Å²) in [4.78, 5) is 49.1. The summed E-state index contributed by atoms with van der Waals surface area (Å²) in [5.41, 5.74) is 0.179. The molecule has 0 radical (unpaired) electrons. The van der Waals surface area contributed by atoms with Crippen molar-refractivity contribution in [2.24, 2.45) is 0 Å². The molecular weight excluding hydrogens is 422 g/mol. The Balaban J connectivity index is 1.94. The predicted octanol–water partition coefficient (Wildman–Crippen LogP) is 0.788. The summed E-state index contributed by atoms with van der Waals surface area (Å²) in [6, 6.07) is 5.62. The van der Waals surface area contributed by atoms with Crippen LogP contribution in [0.5, 0.6) is 0 Å². The molecule has 12 nitrogen and oxygen atoms in total. The first-order valence-corrected chi connectivity index (χ1v) is 9.05. The Bertz CT molecular complexity index is 1440. The van der Waals surface area contributed by atoms with E-state index >= 15 is 0 Å². The topological polar surface area (TPSA) is 144 Å². The second-order valence-corrected chi connectivity index (χ2v) is 6.46. The number of pyridine rings is 1. The van der Waals surface area contributed by atoms with Crippen LogP contribution in [0.4, 0.5) is 0 Å². The molecule has 4 aromatic rings. The van der Waals surface area contributed by atoms with Crippen LogP contribution >= 0.6 is 0 Å². The van der Waals surface area contributed by atoms with Crippen molar-refractivity contribution in [3.8, 4) is 5.69 Å². The second-order valence-electron chi connectivity index (χ2n) is 6.46. The number of aromatic nitrogens is 5. The number of esters is 3. The van der Waals surface area contributed by atoms with E-state index in [0.29, 0.717) is 5.52 Å². The molecule has 0 spiro atoms. The van der Waals surface area contributed by atoms with E-state index in [0.717, 1.165) is 0 Å². The predicted molar refractivity (Wildman–Crippen MR) is 108 cm³/mol. The zero-order valence-corrected chi connectivity index (χ0v) is 17.1. The molecule has 0 fully saturated rings. The normalized spacial score (nSPS) is 10.8. The van der Waals surface area contributed by atoms with E-state index in [-0.39, 0.29) is 33.5 Å². The minimum Gasteiger partial charge on any atom is -0.465 e. The SMILES string of the molecule is COC(=O)c1cc(C(=O)OC)cc(-n2ccc3c(nnc4c(C(=O)OC)cnn43)c2=O)c1. The molecule has 12 heteroatoms. The van der Waals surface area contributed by atoms with Crippen LogP contribution in [0.25, 0.3) is 22.4 Å². The van der Waals surface area contributed by atoms with Crippen molar-refractivity contribution < 1.29 is 28.6 Å². The Hall–Kier alpha value is -4.61. The van der Waals surface area contributed by atoms with E-state index in [1.807, 2.05) is 0 Å². The van der Waals surface area contributed by atoms with Crippen molar-refractivity contribution in [2.75, 3.05) is 21.3 Å². The highest BCUT2D eigenvalue weighted by Gasteiger charge is 2.20. The lowest BCUT2D eigenvalue weighted by molar-refractivity contribution is 0.0588. The fraction of sp³-hybridized carbons (Fsp3) is 0.150. The number of carbonyl (C=O) groups is 3. The van der Waals surface area contributed by atoms with Gasteiger partial charge in [-0.3, -0.25) is 9.36 Å². The van der Waals surface area contributed by atoms with Gasteiger partial charge in [-0.1, -0.05) is 0 Å². The van der Waals surface area contributed by atoms with Crippen LogP contribution in [0.3, 0.4) is 0 Å². The maximum atomic E-state index is 13.2. The Kier molecular flexibility index (Phi) is 5.10. The number of methoxy groups -OCH3 is 3. The van der Waals surface area contributed by atoms with Gasteiger partial charge in [-0.15, -0.1) is 10.2 Å². The number of nitrogens with zero attached hydrogens (tertiary/aromatic N) is 5. The fourth-order valence-electron chi connectivity index (χ4n) is 3.17. The number of ether oxygens (including phenoxy) is 3. The average Bonchev–Trinajstić information content (AvgIpc) is 3.27. The van der Waals surface area contributed by atoms with Crippen molar-refractivity contribution in [1.29, 1.82) is 0 Å². The van der Waals surface area contributed by atoms with Gasteiger partial charge in [0.05, 0.1) is 44.3 Å². The lowest BCUT2D eigenvalue weighted by Gasteiger charge is -2.11. The quantitative estimate of drug-likeness (QED) is 0.332. The van der Waals surface area contributed by atoms with Crippen LogP contribution in [0, 0.1) is 0 Å². The Labute approximate surface area is 178 Å². The van der Waals surface area contributed by atoms with E-state index in [2.05, 4.69) is 15.3 Å². The van der Waals surface area contributed by atoms with Crippen LogP contribution in [-0.4, -0.2) is 63.6 Å². The molecule has 0 amide bonds. The third-order valence-corrected chi connectivity index (χ3v) is 4.71. The summed E-state index contributed by atoms with van der Waals surface area (Å²) in [5, 5.41) is 12.0. The summed E-state index contributed by atoms with van der Waals surface area (Å²) in [6.07, 6.45) is 2.69. The van der Waals surface area contributed by atoms with Crippen LogP contribution in [0.15, 0.2) is 41.5 Å². The van der Waals surface area contributed by atoms with Gasteiger partial charge in [-0.05, 0) is 24.3 Å². The van der Waals surface area contributed by atoms with Gasteiger partial charge in [0.25, 0.3) is 5.56 Å². The van der Waals surface area contributed by atoms with Gasteiger partial charge in [0.1, 0.15) is 11.1 Å². The van der Waals surface area contributed by atoms with Gasteiger partial charge in [-0.2, -0.15) is 5.10 Å². The van der Waals surface area contributed by atoms with Crippen molar-refractivity contribution in [3.63, 3.8) is 0 Å². The zero-order chi connectivity index (χ0) is 23.0. The third-order valence-electron chi connectivity index (χ3n) is 4.71. The number of benzene rings is 1. The van der Waals surface area contributed by atoms with Gasteiger partial charge in [0.15, 0.2) is 11.2 Å². The Morgan fingerprint density at radius 1 is 0.875 bits per heavy atom. The number of hydrogen-bond donors (Lipinski definition) is 0. The first-order chi connectivity index (χ1) is 15.4. The largest absolute Gasteiger partial charge is 0.465 e. The summed E-state index contributed by atoms with van der Waals surface area (Å²) < 4.78 is 16.6. The smallest absolute Gasteiger partial charge is 0.343 e. The van der Waals surface area contributed by atoms with E-state index in [4.69, 9.17) is 14.2 Å². The molecule has 162 valence electrons. The van der Waals surface area contributed by atoms with Gasteiger partial charge < -0.3 is 14.2 Å². The summed E-state index contributed by atoms with van der Waals surface area (Å²) in [6.45, 7) is 0. The maximum Gasteiger partial charge on any atom is 0.343 e. The third kappa shape index (κ3) is 3.23. The molecule has 0 unspecified atom stereocenters. The highest BCUT2D eigenvalue weighted by atomic mass is 16.5. The van der Waals surface area contributed by atoms with Gasteiger partial charge in [0, 0.05) is 6.20 Å². The molecule has 0 aliphatic rings. The summed E-state index contributed by atoms with van der Waals surface area (Å²) >= 11 is 0. The Morgan fingerprint density at radius 2 is 1.50 bits per heavy atom. The number of carbonyl (C=O) groups excluding carboxylic acids is 3. The summed E-state index contributed by atoms with van der Waals surface area (Å²) in [7, 11) is 3.62. The van der Waals surface area contributed by atoms with Crippen LogP contribution in [0.1, 0.15) is 31.1 Å². The number of hydrogen-bond acceptors (Lipinski definition) is 10. The molecule has 4 rings (SSSR count). The van der Waals surface area contributed by atoms with Crippen molar-refractivity contribution in [3.05, 3.63) is 63.7 Å². The second kappa shape index (κ2) is 7.91. The molecule has 0 saturated heterocycles.